The molecule has 170 valence electrons. The van der Waals surface area contributed by atoms with Crippen LogP contribution in [0.15, 0.2) is 59.1 Å². The van der Waals surface area contributed by atoms with E-state index in [9.17, 15) is 14.4 Å². The second-order valence-electron chi connectivity index (χ2n) is 7.96. The number of nitrogens with one attached hydrogen (secondary N) is 3. The lowest BCUT2D eigenvalue weighted by Gasteiger charge is -2.19. The van der Waals surface area contributed by atoms with Crippen molar-refractivity contribution in [1.82, 2.24) is 10.6 Å². The van der Waals surface area contributed by atoms with Gasteiger partial charge in [0.15, 0.2) is 0 Å². The molecule has 0 saturated carbocycles. The van der Waals surface area contributed by atoms with Gasteiger partial charge in [0.25, 0.3) is 0 Å². The average Bonchev–Trinajstić information content (AvgIpc) is 2.71. The maximum atomic E-state index is 12.3. The zero-order chi connectivity index (χ0) is 23.6. The van der Waals surface area contributed by atoms with E-state index >= 15 is 0 Å². The molecule has 0 radical (unpaired) electrons. The predicted octanol–water partition coefficient (Wildman–Crippen LogP) is 4.63. The quantitative estimate of drug-likeness (QED) is 0.459. The highest BCUT2D eigenvalue weighted by atomic mass is 79.9. The fourth-order valence-electron chi connectivity index (χ4n) is 2.62. The van der Waals surface area contributed by atoms with E-state index in [0.717, 1.165) is 15.6 Å². The lowest BCUT2D eigenvalue weighted by atomic mass is 10.1. The molecule has 0 aliphatic rings. The van der Waals surface area contributed by atoms with Gasteiger partial charge in [-0.25, -0.2) is 4.79 Å². The number of hydrogen-bond donors (Lipinski definition) is 3. The smallest absolute Gasteiger partial charge is 0.407 e. The second-order valence-corrected chi connectivity index (χ2v) is 8.81. The van der Waals surface area contributed by atoms with Crippen LogP contribution in [0.2, 0.25) is 0 Å². The molecule has 0 spiro atoms. The first-order valence-corrected chi connectivity index (χ1v) is 11.0. The van der Waals surface area contributed by atoms with Crippen LogP contribution in [-0.2, 0) is 20.9 Å². The van der Waals surface area contributed by atoms with E-state index < -0.39 is 11.7 Å². The van der Waals surface area contributed by atoms with Gasteiger partial charge in [0.05, 0.1) is 0 Å². The predicted molar refractivity (Wildman–Crippen MR) is 129 cm³/mol. The van der Waals surface area contributed by atoms with Crippen LogP contribution in [0.5, 0.6) is 0 Å². The third-order valence-electron chi connectivity index (χ3n) is 4.09. The number of ether oxygens (including phenoxy) is 1. The summed E-state index contributed by atoms with van der Waals surface area (Å²) in [6.07, 6.45) is 2.73. The summed E-state index contributed by atoms with van der Waals surface area (Å²) in [6, 6.07) is 14.8. The zero-order valence-electron chi connectivity index (χ0n) is 18.4. The van der Waals surface area contributed by atoms with Gasteiger partial charge in [-0.1, -0.05) is 52.3 Å². The van der Waals surface area contributed by atoms with Crippen LogP contribution in [0.4, 0.5) is 10.5 Å². The average molecular weight is 502 g/mol. The first-order chi connectivity index (χ1) is 15.1. The Kier molecular flexibility index (Phi) is 9.46. The van der Waals surface area contributed by atoms with Gasteiger partial charge in [-0.15, -0.1) is 0 Å². The molecule has 0 saturated heterocycles. The van der Waals surface area contributed by atoms with Gasteiger partial charge >= 0.3 is 6.09 Å². The molecule has 0 aliphatic heterocycles. The van der Waals surface area contributed by atoms with E-state index in [-0.39, 0.29) is 31.3 Å². The number of benzene rings is 2. The Morgan fingerprint density at radius 1 is 1.00 bits per heavy atom. The minimum absolute atomic E-state index is 0.114. The summed E-state index contributed by atoms with van der Waals surface area (Å²) in [5.41, 5.74) is 1.68. The Morgan fingerprint density at radius 3 is 2.41 bits per heavy atom. The lowest BCUT2D eigenvalue weighted by Crippen LogP contribution is -2.35. The van der Waals surface area contributed by atoms with Crippen LogP contribution < -0.4 is 16.0 Å². The van der Waals surface area contributed by atoms with E-state index in [1.807, 2.05) is 42.5 Å². The van der Waals surface area contributed by atoms with Crippen molar-refractivity contribution in [3.05, 3.63) is 70.2 Å². The second kappa shape index (κ2) is 12.0. The van der Waals surface area contributed by atoms with Gasteiger partial charge in [-0.2, -0.15) is 0 Å². The third-order valence-corrected chi connectivity index (χ3v) is 4.81. The minimum atomic E-state index is -0.590. The lowest BCUT2D eigenvalue weighted by molar-refractivity contribution is -0.121. The Labute approximate surface area is 196 Å². The summed E-state index contributed by atoms with van der Waals surface area (Å²) in [5, 5.41) is 8.18. The summed E-state index contributed by atoms with van der Waals surface area (Å²) in [4.78, 5) is 36.1. The van der Waals surface area contributed by atoms with Crippen LogP contribution in [0.3, 0.4) is 0 Å². The molecule has 0 unspecified atom stereocenters. The number of rotatable bonds is 8. The van der Waals surface area contributed by atoms with Crippen LogP contribution in [-0.4, -0.2) is 30.1 Å². The highest BCUT2D eigenvalue weighted by molar-refractivity contribution is 9.10. The molecule has 3 N–H and O–H groups in total. The summed E-state index contributed by atoms with van der Waals surface area (Å²) in [5.74, 6) is -0.503. The van der Waals surface area contributed by atoms with Crippen molar-refractivity contribution in [2.75, 3.05) is 11.9 Å². The summed E-state index contributed by atoms with van der Waals surface area (Å²) >= 11 is 3.44. The normalized spacial score (nSPS) is 11.1. The number of hydrogen-bond acceptors (Lipinski definition) is 4. The maximum Gasteiger partial charge on any atom is 0.407 e. The highest BCUT2D eigenvalue weighted by Gasteiger charge is 2.16. The summed E-state index contributed by atoms with van der Waals surface area (Å²) in [6.45, 7) is 5.72. The third kappa shape index (κ3) is 9.34. The van der Waals surface area contributed by atoms with Crippen molar-refractivity contribution >= 4 is 45.6 Å². The van der Waals surface area contributed by atoms with Gasteiger partial charge in [-0.3, -0.25) is 9.59 Å². The summed E-state index contributed by atoms with van der Waals surface area (Å²) in [7, 11) is 0. The number of halogens is 1. The van der Waals surface area contributed by atoms with Crippen LogP contribution in [0.1, 0.15) is 38.3 Å². The van der Waals surface area contributed by atoms with Crippen LogP contribution in [0.25, 0.3) is 6.08 Å². The molecule has 3 amide bonds. The van der Waals surface area contributed by atoms with Crippen LogP contribution >= 0.6 is 15.9 Å². The molecule has 0 fully saturated rings. The van der Waals surface area contributed by atoms with Gasteiger partial charge in [0.1, 0.15) is 5.60 Å². The molecule has 0 aromatic heterocycles. The summed E-state index contributed by atoms with van der Waals surface area (Å²) < 4.78 is 6.02. The molecule has 2 rings (SSSR count). The Bertz CT molecular complexity index is 983. The molecule has 8 heteroatoms. The first-order valence-electron chi connectivity index (χ1n) is 10.2. The molecule has 2 aromatic carbocycles. The van der Waals surface area contributed by atoms with Gasteiger partial charge in [-0.05, 0) is 50.1 Å². The van der Waals surface area contributed by atoms with Gasteiger partial charge < -0.3 is 20.7 Å². The largest absolute Gasteiger partial charge is 0.444 e. The molecule has 0 aliphatic carbocycles. The number of para-hydroxylation sites is 1. The van der Waals surface area contributed by atoms with Gasteiger partial charge in [0.2, 0.25) is 11.8 Å². The number of anilines is 1. The molecule has 2 aromatic rings. The fraction of sp³-hybridized carbons (Fsp3) is 0.292. The molecule has 0 heterocycles. The molecule has 0 bridgehead atoms. The number of carbonyl (C=O) groups is 3. The first kappa shape index (κ1) is 25.1. The standard InChI is InChI=1S/C24H28BrN3O4/c1-24(2,3)32-23(31)26-15-14-21(29)27-16-18-9-5-7-11-20(18)28-22(30)13-12-17-8-4-6-10-19(17)25/h4-13H,14-16H2,1-3H3,(H,26,31)(H,27,29)(H,28,30)/b13-12+. The van der Waals surface area contributed by atoms with E-state index in [0.29, 0.717) is 5.69 Å². The van der Waals surface area contributed by atoms with Gasteiger partial charge in [0, 0.05) is 35.7 Å². The topological polar surface area (TPSA) is 96.5 Å². The number of amides is 3. The molecular formula is C24H28BrN3O4. The van der Waals surface area contributed by atoms with Crippen molar-refractivity contribution in [1.29, 1.82) is 0 Å². The molecule has 32 heavy (non-hydrogen) atoms. The number of alkyl carbamates (subject to hydrolysis) is 1. The Hall–Kier alpha value is -3.13. The zero-order valence-corrected chi connectivity index (χ0v) is 20.0. The van der Waals surface area contributed by atoms with Crippen molar-refractivity contribution in [2.24, 2.45) is 0 Å². The Morgan fingerprint density at radius 2 is 1.69 bits per heavy atom. The van der Waals surface area contributed by atoms with E-state index in [1.165, 1.54) is 6.08 Å². The SMILES string of the molecule is CC(C)(C)OC(=O)NCCC(=O)NCc1ccccc1NC(=O)/C=C/c1ccccc1Br. The van der Waals surface area contributed by atoms with Crippen molar-refractivity contribution in [3.63, 3.8) is 0 Å². The van der Waals surface area contributed by atoms with E-state index in [4.69, 9.17) is 4.74 Å². The van der Waals surface area contributed by atoms with Crippen LogP contribution in [0, 0.1) is 0 Å². The fourth-order valence-corrected chi connectivity index (χ4v) is 3.04. The van der Waals surface area contributed by atoms with E-state index in [1.54, 1.807) is 32.9 Å². The van der Waals surface area contributed by atoms with Crippen molar-refractivity contribution < 1.29 is 19.1 Å². The monoisotopic (exact) mass is 501 g/mol. The van der Waals surface area contributed by atoms with E-state index in [2.05, 4.69) is 31.9 Å². The molecule has 0 atom stereocenters. The maximum absolute atomic E-state index is 12.3. The number of carbonyl (C=O) groups excluding carboxylic acids is 3. The molecule has 7 nitrogen and oxygen atoms in total. The Balaban J connectivity index is 1.84. The minimum Gasteiger partial charge on any atom is -0.444 e. The van der Waals surface area contributed by atoms with Crippen molar-refractivity contribution in [2.45, 2.75) is 39.3 Å². The highest BCUT2D eigenvalue weighted by Crippen LogP contribution is 2.18. The molecular weight excluding hydrogens is 474 g/mol. The van der Waals surface area contributed by atoms with Crippen molar-refractivity contribution in [3.8, 4) is 0 Å².